The molecular formula is C16H11ClF2N2O4. The van der Waals surface area contributed by atoms with Crippen molar-refractivity contribution in [3.63, 3.8) is 0 Å². The van der Waals surface area contributed by atoms with Crippen LogP contribution in [0.2, 0.25) is 5.02 Å². The molecule has 0 aliphatic carbocycles. The molecule has 0 amide bonds. The second-order valence-electron chi connectivity index (χ2n) is 5.15. The lowest BCUT2D eigenvalue weighted by Gasteiger charge is -2.04. The first kappa shape index (κ1) is 17.1. The maximum atomic E-state index is 13.2. The molecule has 0 saturated carbocycles. The number of ether oxygens (including phenoxy) is 1. The third kappa shape index (κ3) is 3.53. The number of aromatic nitrogens is 2. The van der Waals surface area contributed by atoms with E-state index in [9.17, 15) is 13.6 Å². The third-order valence-corrected chi connectivity index (χ3v) is 3.61. The van der Waals surface area contributed by atoms with Gasteiger partial charge in [0, 0.05) is 0 Å². The summed E-state index contributed by atoms with van der Waals surface area (Å²) in [6.07, 6.45) is 0. The summed E-state index contributed by atoms with van der Waals surface area (Å²) in [5, 5.41) is 7.35. The van der Waals surface area contributed by atoms with E-state index in [1.54, 1.807) is 19.9 Å². The maximum Gasteiger partial charge on any atom is 0.340 e. The molecule has 3 rings (SSSR count). The van der Waals surface area contributed by atoms with Gasteiger partial charge in [0.2, 0.25) is 0 Å². The van der Waals surface area contributed by atoms with E-state index >= 15 is 0 Å². The zero-order valence-corrected chi connectivity index (χ0v) is 13.9. The average Bonchev–Trinajstić information content (AvgIpc) is 3.14. The number of hydrogen-bond acceptors (Lipinski definition) is 6. The van der Waals surface area contributed by atoms with Gasteiger partial charge in [0.25, 0.3) is 11.8 Å². The molecule has 1 aromatic carbocycles. The van der Waals surface area contributed by atoms with Gasteiger partial charge in [0.15, 0.2) is 18.2 Å². The van der Waals surface area contributed by atoms with Crippen LogP contribution in [0.1, 0.15) is 27.8 Å². The van der Waals surface area contributed by atoms with Crippen LogP contribution in [0.25, 0.3) is 11.5 Å². The van der Waals surface area contributed by atoms with Crippen molar-refractivity contribution in [3.8, 4) is 11.5 Å². The van der Waals surface area contributed by atoms with E-state index in [-0.39, 0.29) is 29.0 Å². The first-order valence-electron chi connectivity index (χ1n) is 7.06. The third-order valence-electron chi connectivity index (χ3n) is 3.29. The van der Waals surface area contributed by atoms with E-state index in [1.165, 1.54) is 0 Å². The van der Waals surface area contributed by atoms with Crippen molar-refractivity contribution in [2.24, 2.45) is 0 Å². The number of carbonyl (C=O) groups excluding carboxylic acids is 1. The summed E-state index contributed by atoms with van der Waals surface area (Å²) < 4.78 is 42.0. The highest BCUT2D eigenvalue weighted by molar-refractivity contribution is 6.33. The molecule has 0 fully saturated rings. The number of aryl methyl sites for hydroxylation is 2. The molecule has 0 unspecified atom stereocenters. The SMILES string of the molecule is Cc1cc(-c2nnc(COC(=O)c3cc(F)c(F)cc3Cl)o2)c(C)o1. The first-order valence-corrected chi connectivity index (χ1v) is 7.44. The molecule has 3 aromatic rings. The molecule has 0 aliphatic rings. The summed E-state index contributed by atoms with van der Waals surface area (Å²) in [6, 6.07) is 3.10. The molecule has 0 spiro atoms. The van der Waals surface area contributed by atoms with Crippen LogP contribution in [0.3, 0.4) is 0 Å². The van der Waals surface area contributed by atoms with E-state index in [4.69, 9.17) is 25.2 Å². The maximum absolute atomic E-state index is 13.2. The number of rotatable bonds is 4. The van der Waals surface area contributed by atoms with Gasteiger partial charge in [-0.1, -0.05) is 11.6 Å². The molecule has 0 radical (unpaired) electrons. The fraction of sp³-hybridized carbons (Fsp3) is 0.188. The predicted molar refractivity (Wildman–Crippen MR) is 82.0 cm³/mol. The monoisotopic (exact) mass is 368 g/mol. The van der Waals surface area contributed by atoms with Gasteiger partial charge in [-0.3, -0.25) is 0 Å². The topological polar surface area (TPSA) is 78.4 Å². The van der Waals surface area contributed by atoms with E-state index in [0.29, 0.717) is 29.2 Å². The molecule has 2 heterocycles. The molecule has 2 aromatic heterocycles. The Kier molecular flexibility index (Phi) is 4.54. The molecular weight excluding hydrogens is 358 g/mol. The van der Waals surface area contributed by atoms with Crippen molar-refractivity contribution in [1.82, 2.24) is 10.2 Å². The Hall–Kier alpha value is -2.74. The number of halogens is 3. The van der Waals surface area contributed by atoms with Crippen molar-refractivity contribution >= 4 is 17.6 Å². The molecule has 0 atom stereocenters. The molecule has 0 aliphatic heterocycles. The van der Waals surface area contributed by atoms with Crippen molar-refractivity contribution in [3.05, 3.63) is 57.8 Å². The number of esters is 1. The minimum absolute atomic E-state index is 0.0281. The zero-order chi connectivity index (χ0) is 18.1. The van der Waals surface area contributed by atoms with Gasteiger partial charge in [0.05, 0.1) is 16.1 Å². The van der Waals surface area contributed by atoms with Gasteiger partial charge < -0.3 is 13.6 Å². The minimum Gasteiger partial charge on any atom is -0.466 e. The van der Waals surface area contributed by atoms with Crippen LogP contribution in [0, 0.1) is 25.5 Å². The second kappa shape index (κ2) is 6.64. The number of furan rings is 1. The van der Waals surface area contributed by atoms with Crippen LogP contribution in [0.5, 0.6) is 0 Å². The fourth-order valence-electron chi connectivity index (χ4n) is 2.15. The highest BCUT2D eigenvalue weighted by atomic mass is 35.5. The minimum atomic E-state index is -1.21. The summed E-state index contributed by atoms with van der Waals surface area (Å²) in [6.45, 7) is 3.18. The highest BCUT2D eigenvalue weighted by Crippen LogP contribution is 2.26. The van der Waals surface area contributed by atoms with Gasteiger partial charge >= 0.3 is 5.97 Å². The van der Waals surface area contributed by atoms with E-state index in [2.05, 4.69) is 10.2 Å². The fourth-order valence-corrected chi connectivity index (χ4v) is 2.38. The van der Waals surface area contributed by atoms with Crippen LogP contribution >= 0.6 is 11.6 Å². The molecule has 9 heteroatoms. The average molecular weight is 369 g/mol. The normalized spacial score (nSPS) is 10.9. The summed E-state index contributed by atoms with van der Waals surface area (Å²) in [7, 11) is 0. The Morgan fingerprint density at radius 1 is 1.16 bits per heavy atom. The summed E-state index contributed by atoms with van der Waals surface area (Å²) >= 11 is 5.71. The largest absolute Gasteiger partial charge is 0.466 e. The van der Waals surface area contributed by atoms with Crippen molar-refractivity contribution in [1.29, 1.82) is 0 Å². The second-order valence-corrected chi connectivity index (χ2v) is 5.56. The smallest absolute Gasteiger partial charge is 0.340 e. The van der Waals surface area contributed by atoms with Gasteiger partial charge in [-0.15, -0.1) is 10.2 Å². The quantitative estimate of drug-likeness (QED) is 0.506. The van der Waals surface area contributed by atoms with E-state index in [1.807, 2.05) is 0 Å². The van der Waals surface area contributed by atoms with E-state index < -0.39 is 17.6 Å². The lowest BCUT2D eigenvalue weighted by molar-refractivity contribution is 0.0438. The lowest BCUT2D eigenvalue weighted by Crippen LogP contribution is -2.07. The molecule has 25 heavy (non-hydrogen) atoms. The van der Waals surface area contributed by atoms with Crippen LogP contribution in [0.4, 0.5) is 8.78 Å². The molecule has 6 nitrogen and oxygen atoms in total. The van der Waals surface area contributed by atoms with E-state index in [0.717, 1.165) is 0 Å². The summed E-state index contributed by atoms with van der Waals surface area (Å²) in [5.41, 5.74) is 0.327. The summed E-state index contributed by atoms with van der Waals surface area (Å²) in [4.78, 5) is 11.9. The molecule has 0 bridgehead atoms. The van der Waals surface area contributed by atoms with Crippen LogP contribution in [-0.4, -0.2) is 16.2 Å². The lowest BCUT2D eigenvalue weighted by atomic mass is 10.2. The molecule has 0 N–H and O–H groups in total. The van der Waals surface area contributed by atoms with Gasteiger partial charge in [-0.05, 0) is 32.0 Å². The Morgan fingerprint density at radius 2 is 1.88 bits per heavy atom. The Labute approximate surface area is 145 Å². The highest BCUT2D eigenvalue weighted by Gasteiger charge is 2.19. The van der Waals surface area contributed by atoms with Crippen LogP contribution in [-0.2, 0) is 11.3 Å². The van der Waals surface area contributed by atoms with Crippen molar-refractivity contribution in [2.75, 3.05) is 0 Å². The Balaban J connectivity index is 1.71. The molecule has 0 saturated heterocycles. The Morgan fingerprint density at radius 3 is 2.56 bits per heavy atom. The Bertz CT molecular complexity index is 952. The van der Waals surface area contributed by atoms with Crippen LogP contribution in [0.15, 0.2) is 27.0 Å². The van der Waals surface area contributed by atoms with Gasteiger partial charge in [-0.2, -0.15) is 0 Å². The summed E-state index contributed by atoms with van der Waals surface area (Å²) in [5.74, 6) is -1.77. The van der Waals surface area contributed by atoms with Crippen molar-refractivity contribution in [2.45, 2.75) is 20.5 Å². The van der Waals surface area contributed by atoms with Crippen molar-refractivity contribution < 1.29 is 27.1 Å². The predicted octanol–water partition coefficient (Wildman–Crippen LogP) is 4.24. The number of carbonyl (C=O) groups is 1. The van der Waals surface area contributed by atoms with Crippen LogP contribution < -0.4 is 0 Å². The number of hydrogen-bond donors (Lipinski definition) is 0. The first-order chi connectivity index (χ1) is 11.8. The van der Waals surface area contributed by atoms with Gasteiger partial charge in [0.1, 0.15) is 11.5 Å². The standard InChI is InChI=1S/C16H11ClF2N2O4/c1-7-3-9(8(2)24-7)15-21-20-14(25-15)6-23-16(22)10-4-12(18)13(19)5-11(10)17/h3-5H,6H2,1-2H3. The zero-order valence-electron chi connectivity index (χ0n) is 13.1. The van der Waals surface area contributed by atoms with Gasteiger partial charge in [-0.25, -0.2) is 13.6 Å². The molecule has 130 valence electrons. The number of nitrogens with zero attached hydrogens (tertiary/aromatic N) is 2. The number of benzene rings is 1.